The average molecular weight is 348 g/mol. The molecule has 134 valence electrons. The van der Waals surface area contributed by atoms with E-state index in [1.807, 2.05) is 29.2 Å². The van der Waals surface area contributed by atoms with Crippen molar-refractivity contribution in [3.63, 3.8) is 0 Å². The lowest BCUT2D eigenvalue weighted by Crippen LogP contribution is -2.33. The van der Waals surface area contributed by atoms with Crippen LogP contribution in [0.5, 0.6) is 0 Å². The van der Waals surface area contributed by atoms with E-state index in [0.29, 0.717) is 18.5 Å². The normalized spacial score (nSPS) is 14.1. The van der Waals surface area contributed by atoms with Crippen LogP contribution >= 0.6 is 0 Å². The van der Waals surface area contributed by atoms with Crippen LogP contribution in [0.2, 0.25) is 0 Å². The van der Waals surface area contributed by atoms with Crippen LogP contribution in [-0.4, -0.2) is 22.0 Å². The molecule has 0 bridgehead atoms. The highest BCUT2D eigenvalue weighted by molar-refractivity contribution is 5.86. The number of nitrogens with zero attached hydrogens (tertiary/aromatic N) is 2. The van der Waals surface area contributed by atoms with Gasteiger partial charge in [0.25, 0.3) is 0 Å². The first-order valence-corrected chi connectivity index (χ1v) is 9.33. The number of hydrogen-bond acceptors (Lipinski definition) is 3. The molecule has 0 unspecified atom stereocenters. The predicted molar refractivity (Wildman–Crippen MR) is 102 cm³/mol. The average Bonchev–Trinajstić information content (AvgIpc) is 3.41. The maximum absolute atomic E-state index is 13.0. The summed E-state index contributed by atoms with van der Waals surface area (Å²) in [5.74, 6) is 0.644. The van der Waals surface area contributed by atoms with E-state index in [2.05, 4.69) is 43.3 Å². The Morgan fingerprint density at radius 1 is 1.15 bits per heavy atom. The minimum Gasteiger partial charge on any atom is -0.356 e. The molecule has 1 fully saturated rings. The molecule has 1 saturated carbocycles. The predicted octanol–water partition coefficient (Wildman–Crippen LogP) is 4.68. The first-order chi connectivity index (χ1) is 12.6. The second kappa shape index (κ2) is 6.94. The molecule has 4 nitrogen and oxygen atoms in total. The van der Waals surface area contributed by atoms with Crippen LogP contribution in [0.15, 0.2) is 53.1 Å². The number of benzene rings is 2. The molecule has 0 radical (unpaired) electrons. The van der Waals surface area contributed by atoms with Crippen molar-refractivity contribution in [2.45, 2.75) is 51.6 Å². The third kappa shape index (κ3) is 3.50. The Balaban J connectivity index is 1.50. The van der Waals surface area contributed by atoms with Crippen molar-refractivity contribution in [3.05, 3.63) is 65.4 Å². The van der Waals surface area contributed by atoms with Gasteiger partial charge < -0.3 is 9.42 Å². The lowest BCUT2D eigenvalue weighted by atomic mass is 10.0. The van der Waals surface area contributed by atoms with Gasteiger partial charge in [-0.2, -0.15) is 0 Å². The Bertz CT molecular complexity index is 907. The maximum Gasteiger partial charge on any atom is 0.229 e. The Morgan fingerprint density at radius 2 is 1.88 bits per heavy atom. The molecule has 4 heteroatoms. The Morgan fingerprint density at radius 3 is 2.58 bits per heavy atom. The van der Waals surface area contributed by atoms with Crippen molar-refractivity contribution in [1.82, 2.24) is 10.1 Å². The molecule has 1 aliphatic rings. The largest absolute Gasteiger partial charge is 0.356 e. The lowest BCUT2D eigenvalue weighted by Gasteiger charge is -2.22. The van der Waals surface area contributed by atoms with E-state index in [0.717, 1.165) is 29.5 Å². The molecular weight excluding hydrogens is 324 g/mol. The van der Waals surface area contributed by atoms with Crippen LogP contribution in [0, 0.1) is 0 Å². The van der Waals surface area contributed by atoms with E-state index in [9.17, 15) is 4.79 Å². The second-order valence-corrected chi connectivity index (χ2v) is 7.45. The SMILES string of the molecule is CC(C)c1ccc(CN(C(=O)Cc2noc3ccccc23)C2CC2)cc1. The standard InChI is InChI=1S/C22H24N2O2/c1-15(2)17-9-7-16(8-10-17)14-24(18-11-12-18)22(25)13-20-19-5-3-4-6-21(19)26-23-20/h3-10,15,18H,11-14H2,1-2H3. The molecule has 0 atom stereocenters. The van der Waals surface area contributed by atoms with Crippen molar-refractivity contribution >= 4 is 16.9 Å². The van der Waals surface area contributed by atoms with Crippen molar-refractivity contribution < 1.29 is 9.32 Å². The minimum atomic E-state index is 0.125. The zero-order chi connectivity index (χ0) is 18.1. The van der Waals surface area contributed by atoms with E-state index < -0.39 is 0 Å². The third-order valence-electron chi connectivity index (χ3n) is 5.08. The van der Waals surface area contributed by atoms with Gasteiger partial charge in [0.15, 0.2) is 5.58 Å². The van der Waals surface area contributed by atoms with Crippen LogP contribution < -0.4 is 0 Å². The molecule has 1 amide bonds. The van der Waals surface area contributed by atoms with E-state index in [1.165, 1.54) is 11.1 Å². The highest BCUT2D eigenvalue weighted by atomic mass is 16.5. The molecule has 2 aromatic carbocycles. The van der Waals surface area contributed by atoms with Crippen molar-refractivity contribution in [2.75, 3.05) is 0 Å². The molecular formula is C22H24N2O2. The van der Waals surface area contributed by atoms with Gasteiger partial charge in [-0.25, -0.2) is 0 Å². The quantitative estimate of drug-likeness (QED) is 0.649. The maximum atomic E-state index is 13.0. The van der Waals surface area contributed by atoms with E-state index >= 15 is 0 Å². The van der Waals surface area contributed by atoms with Crippen LogP contribution in [0.25, 0.3) is 11.0 Å². The van der Waals surface area contributed by atoms with Gasteiger partial charge in [-0.3, -0.25) is 4.79 Å². The number of carbonyl (C=O) groups excluding carboxylic acids is 1. The fourth-order valence-electron chi connectivity index (χ4n) is 3.32. The number of para-hydroxylation sites is 1. The summed E-state index contributed by atoms with van der Waals surface area (Å²) in [6, 6.07) is 16.7. The van der Waals surface area contributed by atoms with E-state index in [4.69, 9.17) is 4.52 Å². The molecule has 0 spiro atoms. The van der Waals surface area contributed by atoms with Crippen LogP contribution in [0.4, 0.5) is 0 Å². The first kappa shape index (κ1) is 16.8. The van der Waals surface area contributed by atoms with Gasteiger partial charge in [0.05, 0.1) is 6.42 Å². The molecule has 1 heterocycles. The van der Waals surface area contributed by atoms with Crippen LogP contribution in [0.3, 0.4) is 0 Å². The van der Waals surface area contributed by atoms with Crippen molar-refractivity contribution in [2.24, 2.45) is 0 Å². The van der Waals surface area contributed by atoms with Gasteiger partial charge in [-0.15, -0.1) is 0 Å². The Labute approximate surface area is 153 Å². The number of rotatable bonds is 6. The summed E-state index contributed by atoms with van der Waals surface area (Å²) in [6.07, 6.45) is 2.47. The smallest absolute Gasteiger partial charge is 0.229 e. The summed E-state index contributed by atoms with van der Waals surface area (Å²) in [6.45, 7) is 5.05. The summed E-state index contributed by atoms with van der Waals surface area (Å²) in [7, 11) is 0. The minimum absolute atomic E-state index is 0.125. The second-order valence-electron chi connectivity index (χ2n) is 7.45. The van der Waals surface area contributed by atoms with Gasteiger partial charge in [0.2, 0.25) is 5.91 Å². The van der Waals surface area contributed by atoms with Gasteiger partial charge in [-0.1, -0.05) is 55.4 Å². The van der Waals surface area contributed by atoms with Crippen LogP contribution in [-0.2, 0) is 17.8 Å². The zero-order valence-electron chi connectivity index (χ0n) is 15.3. The van der Waals surface area contributed by atoms with Crippen LogP contribution in [0.1, 0.15) is 49.4 Å². The van der Waals surface area contributed by atoms with Crippen molar-refractivity contribution in [3.8, 4) is 0 Å². The van der Waals surface area contributed by atoms with Crippen molar-refractivity contribution in [1.29, 1.82) is 0 Å². The zero-order valence-corrected chi connectivity index (χ0v) is 15.3. The van der Waals surface area contributed by atoms with Gasteiger partial charge in [0, 0.05) is 18.0 Å². The fraction of sp³-hybridized carbons (Fsp3) is 0.364. The first-order valence-electron chi connectivity index (χ1n) is 9.33. The number of amides is 1. The summed E-state index contributed by atoms with van der Waals surface area (Å²) < 4.78 is 5.34. The summed E-state index contributed by atoms with van der Waals surface area (Å²) in [5, 5.41) is 5.04. The fourth-order valence-corrected chi connectivity index (χ4v) is 3.32. The van der Waals surface area contributed by atoms with E-state index in [-0.39, 0.29) is 12.3 Å². The molecule has 4 rings (SSSR count). The van der Waals surface area contributed by atoms with Gasteiger partial charge in [0.1, 0.15) is 5.69 Å². The molecule has 0 saturated heterocycles. The molecule has 0 N–H and O–H groups in total. The topological polar surface area (TPSA) is 46.3 Å². The number of hydrogen-bond donors (Lipinski definition) is 0. The monoisotopic (exact) mass is 348 g/mol. The third-order valence-corrected chi connectivity index (χ3v) is 5.08. The van der Waals surface area contributed by atoms with Gasteiger partial charge >= 0.3 is 0 Å². The van der Waals surface area contributed by atoms with Gasteiger partial charge in [-0.05, 0) is 42.0 Å². The number of fused-ring (bicyclic) bond motifs is 1. The number of aromatic nitrogens is 1. The molecule has 1 aromatic heterocycles. The Hall–Kier alpha value is -2.62. The highest BCUT2D eigenvalue weighted by Gasteiger charge is 2.33. The Kier molecular flexibility index (Phi) is 4.49. The van der Waals surface area contributed by atoms with E-state index in [1.54, 1.807) is 0 Å². The summed E-state index contributed by atoms with van der Waals surface area (Å²) in [4.78, 5) is 15.0. The number of carbonyl (C=O) groups is 1. The summed E-state index contributed by atoms with van der Waals surface area (Å²) in [5.41, 5.74) is 3.97. The molecule has 0 aliphatic heterocycles. The highest BCUT2D eigenvalue weighted by Crippen LogP contribution is 2.30. The molecule has 3 aromatic rings. The molecule has 26 heavy (non-hydrogen) atoms. The lowest BCUT2D eigenvalue weighted by molar-refractivity contribution is -0.131. The summed E-state index contributed by atoms with van der Waals surface area (Å²) >= 11 is 0. The molecule has 1 aliphatic carbocycles.